The van der Waals surface area contributed by atoms with Gasteiger partial charge in [-0.25, -0.2) is 0 Å². The summed E-state index contributed by atoms with van der Waals surface area (Å²) in [6.07, 6.45) is 2.19. The molecule has 0 radical (unpaired) electrons. The van der Waals surface area contributed by atoms with Gasteiger partial charge in [0.1, 0.15) is 5.75 Å². The molecule has 3 rings (SSSR count). The Morgan fingerprint density at radius 3 is 2.21 bits per heavy atom. The third-order valence-electron chi connectivity index (χ3n) is 5.32. The van der Waals surface area contributed by atoms with Gasteiger partial charge >= 0.3 is 0 Å². The maximum absolute atomic E-state index is 5.89. The normalized spacial score (nSPS) is 16.0. The summed E-state index contributed by atoms with van der Waals surface area (Å²) in [4.78, 5) is 2.46. The van der Waals surface area contributed by atoms with Gasteiger partial charge < -0.3 is 10.1 Å². The zero-order valence-corrected chi connectivity index (χ0v) is 18.8. The lowest BCUT2D eigenvalue weighted by Gasteiger charge is -2.23. The smallest absolute Gasteiger partial charge is 0.119 e. The molecule has 28 heavy (non-hydrogen) atoms. The SMILES string of the molecule is CC(C)c1ccc(OCCc2ccc(CN(C)[C@H]3CCNC3)cc2)cc1.Cl.Cl. The molecular formula is C23H34Cl2N2O. The quantitative estimate of drug-likeness (QED) is 0.639. The molecule has 1 N–H and O–H groups in total. The molecular weight excluding hydrogens is 391 g/mol. The number of ether oxygens (including phenoxy) is 1. The van der Waals surface area contributed by atoms with Crippen molar-refractivity contribution in [2.75, 3.05) is 26.7 Å². The number of nitrogens with zero attached hydrogens (tertiary/aromatic N) is 1. The minimum absolute atomic E-state index is 0. The van der Waals surface area contributed by atoms with Gasteiger partial charge in [0, 0.05) is 25.6 Å². The van der Waals surface area contributed by atoms with Crippen molar-refractivity contribution in [3.05, 3.63) is 65.2 Å². The first kappa shape index (κ1) is 24.8. The van der Waals surface area contributed by atoms with Gasteiger partial charge in [-0.15, -0.1) is 24.8 Å². The average Bonchev–Trinajstić information content (AvgIpc) is 3.18. The summed E-state index contributed by atoms with van der Waals surface area (Å²) in [6, 6.07) is 18.1. The molecule has 3 nitrogen and oxygen atoms in total. The third kappa shape index (κ3) is 7.29. The molecule has 1 aliphatic heterocycles. The highest BCUT2D eigenvalue weighted by Crippen LogP contribution is 2.19. The lowest BCUT2D eigenvalue weighted by atomic mass is 10.0. The second-order valence-electron chi connectivity index (χ2n) is 7.70. The van der Waals surface area contributed by atoms with Crippen LogP contribution in [0.3, 0.4) is 0 Å². The highest BCUT2D eigenvalue weighted by Gasteiger charge is 2.18. The third-order valence-corrected chi connectivity index (χ3v) is 5.32. The summed E-state index contributed by atoms with van der Waals surface area (Å²) >= 11 is 0. The maximum atomic E-state index is 5.89. The number of hydrogen-bond acceptors (Lipinski definition) is 3. The molecule has 1 saturated heterocycles. The van der Waals surface area contributed by atoms with Crippen LogP contribution in [0.2, 0.25) is 0 Å². The molecule has 0 amide bonds. The number of hydrogen-bond donors (Lipinski definition) is 1. The molecule has 1 atom stereocenters. The first-order chi connectivity index (χ1) is 12.6. The Kier molecular flexibility index (Phi) is 10.9. The maximum Gasteiger partial charge on any atom is 0.119 e. The molecule has 2 aromatic carbocycles. The molecule has 0 saturated carbocycles. The summed E-state index contributed by atoms with van der Waals surface area (Å²) < 4.78 is 5.89. The predicted molar refractivity (Wildman–Crippen MR) is 123 cm³/mol. The summed E-state index contributed by atoms with van der Waals surface area (Å²) in [5.41, 5.74) is 4.07. The van der Waals surface area contributed by atoms with E-state index in [1.807, 2.05) is 0 Å². The van der Waals surface area contributed by atoms with Crippen molar-refractivity contribution in [1.82, 2.24) is 10.2 Å². The van der Waals surface area contributed by atoms with Crippen LogP contribution in [0.1, 0.15) is 42.9 Å². The molecule has 1 fully saturated rings. The zero-order chi connectivity index (χ0) is 18.4. The number of benzene rings is 2. The van der Waals surface area contributed by atoms with Crippen LogP contribution in [0, 0.1) is 0 Å². The van der Waals surface area contributed by atoms with Crippen molar-refractivity contribution in [2.24, 2.45) is 0 Å². The van der Waals surface area contributed by atoms with E-state index in [-0.39, 0.29) is 24.8 Å². The van der Waals surface area contributed by atoms with Crippen LogP contribution < -0.4 is 10.1 Å². The van der Waals surface area contributed by atoms with E-state index in [0.29, 0.717) is 18.6 Å². The Labute approximate surface area is 182 Å². The average molecular weight is 425 g/mol. The van der Waals surface area contributed by atoms with Gasteiger partial charge in [-0.05, 0) is 54.8 Å². The summed E-state index contributed by atoms with van der Waals surface area (Å²) in [6.45, 7) is 8.42. The largest absolute Gasteiger partial charge is 0.493 e. The molecule has 0 aliphatic carbocycles. The lowest BCUT2D eigenvalue weighted by molar-refractivity contribution is 0.249. The van der Waals surface area contributed by atoms with Crippen LogP contribution in [0.15, 0.2) is 48.5 Å². The first-order valence-corrected chi connectivity index (χ1v) is 9.83. The van der Waals surface area contributed by atoms with E-state index in [2.05, 4.69) is 79.6 Å². The molecule has 0 aromatic heterocycles. The van der Waals surface area contributed by atoms with E-state index in [9.17, 15) is 0 Å². The van der Waals surface area contributed by atoms with Crippen molar-refractivity contribution >= 4 is 24.8 Å². The minimum atomic E-state index is 0. The van der Waals surface area contributed by atoms with E-state index >= 15 is 0 Å². The van der Waals surface area contributed by atoms with Crippen molar-refractivity contribution in [2.45, 2.75) is 45.2 Å². The lowest BCUT2D eigenvalue weighted by Crippen LogP contribution is -2.32. The number of rotatable bonds is 8. The molecule has 2 aromatic rings. The van der Waals surface area contributed by atoms with Crippen molar-refractivity contribution in [3.63, 3.8) is 0 Å². The van der Waals surface area contributed by atoms with E-state index in [0.717, 1.165) is 31.8 Å². The summed E-state index contributed by atoms with van der Waals surface area (Å²) in [7, 11) is 2.23. The van der Waals surface area contributed by atoms with Crippen LogP contribution in [-0.4, -0.2) is 37.7 Å². The van der Waals surface area contributed by atoms with Crippen molar-refractivity contribution in [1.29, 1.82) is 0 Å². The monoisotopic (exact) mass is 424 g/mol. The fourth-order valence-corrected chi connectivity index (χ4v) is 3.48. The Balaban J connectivity index is 0.00000196. The second kappa shape index (κ2) is 12.3. The van der Waals surface area contributed by atoms with Crippen LogP contribution in [0.4, 0.5) is 0 Å². The Morgan fingerprint density at radius 1 is 1.00 bits per heavy atom. The summed E-state index contributed by atoms with van der Waals surface area (Å²) in [5, 5.41) is 3.44. The highest BCUT2D eigenvalue weighted by atomic mass is 35.5. The summed E-state index contributed by atoms with van der Waals surface area (Å²) in [5.74, 6) is 1.52. The van der Waals surface area contributed by atoms with Gasteiger partial charge in [0.2, 0.25) is 0 Å². The molecule has 0 unspecified atom stereocenters. The molecule has 5 heteroatoms. The Bertz CT molecular complexity index is 668. The Morgan fingerprint density at radius 2 is 1.64 bits per heavy atom. The molecule has 0 spiro atoms. The molecule has 1 heterocycles. The minimum Gasteiger partial charge on any atom is -0.493 e. The predicted octanol–water partition coefficient (Wildman–Crippen LogP) is 5.07. The standard InChI is InChI=1S/C23H32N2O.2ClH/c1-18(2)21-8-10-23(11-9-21)26-15-13-19-4-6-20(7-5-19)17-25(3)22-12-14-24-16-22;;/h4-11,18,22,24H,12-17H2,1-3H3;2*1H/t22-;;/m0../s1. The van der Waals surface area contributed by atoms with Gasteiger partial charge in [-0.2, -0.15) is 0 Å². The first-order valence-electron chi connectivity index (χ1n) is 9.83. The van der Waals surface area contributed by atoms with Crippen LogP contribution >= 0.6 is 24.8 Å². The van der Waals surface area contributed by atoms with Crippen LogP contribution in [0.5, 0.6) is 5.75 Å². The Hall–Kier alpha value is -1.26. The number of likely N-dealkylation sites (N-methyl/N-ethyl adjacent to an activating group) is 1. The van der Waals surface area contributed by atoms with E-state index in [4.69, 9.17) is 4.74 Å². The van der Waals surface area contributed by atoms with Gasteiger partial charge in [0.05, 0.1) is 6.61 Å². The number of nitrogens with one attached hydrogen (secondary N) is 1. The van der Waals surface area contributed by atoms with E-state index in [1.54, 1.807) is 0 Å². The zero-order valence-electron chi connectivity index (χ0n) is 17.2. The number of halogens is 2. The van der Waals surface area contributed by atoms with Crippen molar-refractivity contribution < 1.29 is 4.74 Å². The van der Waals surface area contributed by atoms with Gasteiger partial charge in [0.15, 0.2) is 0 Å². The molecule has 156 valence electrons. The molecule has 1 aliphatic rings. The van der Waals surface area contributed by atoms with Crippen molar-refractivity contribution in [3.8, 4) is 5.75 Å². The van der Waals surface area contributed by atoms with Crippen LogP contribution in [-0.2, 0) is 13.0 Å². The van der Waals surface area contributed by atoms with Gasteiger partial charge in [-0.3, -0.25) is 4.90 Å². The fraction of sp³-hybridized carbons (Fsp3) is 0.478. The molecule has 0 bridgehead atoms. The van der Waals surface area contributed by atoms with Gasteiger partial charge in [-0.1, -0.05) is 50.2 Å². The topological polar surface area (TPSA) is 24.5 Å². The second-order valence-corrected chi connectivity index (χ2v) is 7.70. The highest BCUT2D eigenvalue weighted by molar-refractivity contribution is 5.85. The van der Waals surface area contributed by atoms with E-state index < -0.39 is 0 Å². The van der Waals surface area contributed by atoms with Crippen LogP contribution in [0.25, 0.3) is 0 Å². The van der Waals surface area contributed by atoms with E-state index in [1.165, 1.54) is 23.1 Å². The fourth-order valence-electron chi connectivity index (χ4n) is 3.48. The van der Waals surface area contributed by atoms with Gasteiger partial charge in [0.25, 0.3) is 0 Å².